The predicted molar refractivity (Wildman–Crippen MR) is 66.4 cm³/mol. The maximum Gasteiger partial charge on any atom is 0.322 e. The van der Waals surface area contributed by atoms with E-state index in [2.05, 4.69) is 5.32 Å². The smallest absolute Gasteiger partial charge is 0.322 e. The van der Waals surface area contributed by atoms with E-state index in [1.165, 1.54) is 18.6 Å². The fourth-order valence-electron chi connectivity index (χ4n) is 1.76. The molecule has 0 aromatic carbocycles. The molecule has 6 heteroatoms. The van der Waals surface area contributed by atoms with Crippen LogP contribution in [0, 0.1) is 0 Å². The van der Waals surface area contributed by atoms with Crippen molar-refractivity contribution in [2.24, 2.45) is 0 Å². The Morgan fingerprint density at radius 3 is 2.71 bits per heavy atom. The number of esters is 1. The third kappa shape index (κ3) is 2.40. The second-order valence-corrected chi connectivity index (χ2v) is 6.48. The van der Waals surface area contributed by atoms with E-state index in [-0.39, 0.29) is 33.1 Å². The highest BCUT2D eigenvalue weighted by molar-refractivity contribution is 8.93. The first-order valence-corrected chi connectivity index (χ1v) is 6.32. The van der Waals surface area contributed by atoms with Crippen molar-refractivity contribution in [1.29, 1.82) is 0 Å². The molecule has 2 fully saturated rings. The van der Waals surface area contributed by atoms with Crippen LogP contribution in [0.4, 0.5) is 0 Å². The Bertz CT molecular complexity index is 221. The van der Waals surface area contributed by atoms with Gasteiger partial charge in [-0.2, -0.15) is 0 Å². The summed E-state index contributed by atoms with van der Waals surface area (Å²) in [5, 5.41) is 3.22. The van der Waals surface area contributed by atoms with Crippen LogP contribution in [0.5, 0.6) is 0 Å². The minimum Gasteiger partial charge on any atom is -0.468 e. The molecule has 0 aliphatic carbocycles. The summed E-state index contributed by atoms with van der Waals surface area (Å²) in [6.07, 6.45) is 0.912. The van der Waals surface area contributed by atoms with Gasteiger partial charge in [-0.25, -0.2) is 0 Å². The van der Waals surface area contributed by atoms with Gasteiger partial charge in [-0.05, 0) is 6.42 Å². The van der Waals surface area contributed by atoms with E-state index < -0.39 is 0 Å². The molecule has 0 aromatic rings. The van der Waals surface area contributed by atoms with Crippen LogP contribution in [-0.4, -0.2) is 41.3 Å². The van der Waals surface area contributed by atoms with Crippen LogP contribution in [0.15, 0.2) is 0 Å². The van der Waals surface area contributed by atoms with Gasteiger partial charge in [-0.1, -0.05) is 0 Å². The Morgan fingerprint density at radius 2 is 2.14 bits per heavy atom. The van der Waals surface area contributed by atoms with Gasteiger partial charge in [0.25, 0.3) is 0 Å². The van der Waals surface area contributed by atoms with E-state index in [1.54, 1.807) is 0 Å². The molecule has 0 aromatic heterocycles. The number of carbonyl (C=O) groups excluding carboxylic acids is 1. The van der Waals surface area contributed by atoms with E-state index in [0.717, 1.165) is 13.0 Å². The van der Waals surface area contributed by atoms with Crippen molar-refractivity contribution in [3.05, 3.63) is 0 Å². The summed E-state index contributed by atoms with van der Waals surface area (Å²) in [7, 11) is 1.45. The number of methoxy groups -OCH3 is 1. The monoisotopic (exact) mass is 299 g/mol. The number of thioether (sulfide) groups is 2. The summed E-state index contributed by atoms with van der Waals surface area (Å²) >= 11 is 3.95. The highest BCUT2D eigenvalue weighted by Gasteiger charge is 2.45. The second kappa shape index (κ2) is 5.09. The molecule has 14 heavy (non-hydrogen) atoms. The molecule has 0 bridgehead atoms. The Balaban J connectivity index is 0.000000980. The lowest BCUT2D eigenvalue weighted by Crippen LogP contribution is -2.31. The van der Waals surface area contributed by atoms with Gasteiger partial charge in [-0.15, -0.1) is 40.5 Å². The molecule has 2 aliphatic rings. The third-order valence-corrected chi connectivity index (χ3v) is 5.89. The van der Waals surface area contributed by atoms with E-state index in [1.807, 2.05) is 23.5 Å². The van der Waals surface area contributed by atoms with Gasteiger partial charge < -0.3 is 10.1 Å². The Kier molecular flexibility index (Phi) is 4.61. The molecular formula is C8H14BrNO2S2. The maximum atomic E-state index is 11.3. The molecule has 1 spiro atoms. The van der Waals surface area contributed by atoms with Crippen molar-refractivity contribution in [2.45, 2.75) is 16.5 Å². The molecule has 0 amide bonds. The predicted octanol–water partition coefficient (Wildman–Crippen LogP) is 1.28. The molecular weight excluding hydrogens is 286 g/mol. The number of halogens is 1. The van der Waals surface area contributed by atoms with Crippen molar-refractivity contribution in [2.75, 3.05) is 25.2 Å². The minimum atomic E-state index is -0.120. The topological polar surface area (TPSA) is 38.3 Å². The molecule has 0 unspecified atom stereocenters. The van der Waals surface area contributed by atoms with Crippen LogP contribution in [0.1, 0.15) is 6.42 Å². The van der Waals surface area contributed by atoms with Crippen LogP contribution >= 0.6 is 40.5 Å². The average molecular weight is 300 g/mol. The molecule has 2 heterocycles. The first-order valence-electron chi connectivity index (χ1n) is 4.35. The third-order valence-electron chi connectivity index (χ3n) is 2.43. The summed E-state index contributed by atoms with van der Waals surface area (Å²) in [5.74, 6) is 2.30. The highest BCUT2D eigenvalue weighted by Crippen LogP contribution is 2.49. The molecule has 0 saturated carbocycles. The first kappa shape index (κ1) is 12.7. The Hall–Kier alpha value is 0.610. The maximum absolute atomic E-state index is 11.3. The number of nitrogens with one attached hydrogen (secondary N) is 1. The summed E-state index contributed by atoms with van der Waals surface area (Å²) in [5.41, 5.74) is 0. The van der Waals surface area contributed by atoms with Gasteiger partial charge in [0, 0.05) is 18.1 Å². The lowest BCUT2D eigenvalue weighted by Gasteiger charge is -2.18. The van der Waals surface area contributed by atoms with Gasteiger partial charge in [0.1, 0.15) is 6.04 Å². The van der Waals surface area contributed by atoms with Crippen LogP contribution in [0.3, 0.4) is 0 Å². The summed E-state index contributed by atoms with van der Waals surface area (Å²) in [6.45, 7) is 0.933. The standard InChI is InChI=1S/C8H13NO2S2.BrH/c1-11-7(10)6-4-8(5-9-6)12-2-3-13-8;/h6,9H,2-5H2,1H3;1H/t6-;/m0./s1. The van der Waals surface area contributed by atoms with Gasteiger partial charge in [0.15, 0.2) is 0 Å². The molecule has 1 atom stereocenters. The largest absolute Gasteiger partial charge is 0.468 e. The normalized spacial score (nSPS) is 28.8. The lowest BCUT2D eigenvalue weighted by atomic mass is 10.2. The number of hydrogen-bond acceptors (Lipinski definition) is 5. The molecule has 1 N–H and O–H groups in total. The average Bonchev–Trinajstić information content (AvgIpc) is 2.76. The van der Waals surface area contributed by atoms with E-state index in [0.29, 0.717) is 0 Å². The van der Waals surface area contributed by atoms with Crippen LogP contribution < -0.4 is 5.32 Å². The summed E-state index contributed by atoms with van der Waals surface area (Å²) < 4.78 is 4.98. The Morgan fingerprint density at radius 1 is 1.50 bits per heavy atom. The molecule has 2 aliphatic heterocycles. The minimum absolute atomic E-state index is 0. The molecule has 2 rings (SSSR count). The zero-order valence-corrected chi connectivity index (χ0v) is 11.3. The summed E-state index contributed by atoms with van der Waals surface area (Å²) in [4.78, 5) is 11.3. The number of hydrogen-bond donors (Lipinski definition) is 1. The number of rotatable bonds is 1. The van der Waals surface area contributed by atoms with Crippen molar-refractivity contribution in [3.8, 4) is 0 Å². The van der Waals surface area contributed by atoms with Crippen LogP contribution in [0.25, 0.3) is 0 Å². The molecule has 2 saturated heterocycles. The van der Waals surface area contributed by atoms with Gasteiger partial charge >= 0.3 is 5.97 Å². The van der Waals surface area contributed by atoms with Crippen molar-refractivity contribution >= 4 is 46.5 Å². The number of carbonyl (C=O) groups is 1. The Labute approximate surface area is 103 Å². The molecule has 82 valence electrons. The fraction of sp³-hybridized carbons (Fsp3) is 0.875. The van der Waals surface area contributed by atoms with Crippen molar-refractivity contribution in [3.63, 3.8) is 0 Å². The van der Waals surface area contributed by atoms with Gasteiger partial charge in [0.2, 0.25) is 0 Å². The van der Waals surface area contributed by atoms with Crippen LogP contribution in [0.2, 0.25) is 0 Å². The van der Waals surface area contributed by atoms with Crippen LogP contribution in [-0.2, 0) is 9.53 Å². The molecule has 3 nitrogen and oxygen atoms in total. The molecule has 0 radical (unpaired) electrons. The second-order valence-electron chi connectivity index (χ2n) is 3.27. The zero-order chi connectivity index (χ0) is 9.31. The number of ether oxygens (including phenoxy) is 1. The van der Waals surface area contributed by atoms with E-state index >= 15 is 0 Å². The summed E-state index contributed by atoms with van der Waals surface area (Å²) in [6, 6.07) is -0.0805. The van der Waals surface area contributed by atoms with E-state index in [4.69, 9.17) is 4.74 Å². The quantitative estimate of drug-likeness (QED) is 0.739. The van der Waals surface area contributed by atoms with Gasteiger partial charge in [-0.3, -0.25) is 4.79 Å². The van der Waals surface area contributed by atoms with E-state index in [9.17, 15) is 4.79 Å². The highest BCUT2D eigenvalue weighted by atomic mass is 79.9. The lowest BCUT2D eigenvalue weighted by molar-refractivity contribution is -0.142. The first-order chi connectivity index (χ1) is 6.26. The zero-order valence-electron chi connectivity index (χ0n) is 7.95. The van der Waals surface area contributed by atoms with Crippen molar-refractivity contribution in [1.82, 2.24) is 5.32 Å². The van der Waals surface area contributed by atoms with Crippen molar-refractivity contribution < 1.29 is 9.53 Å². The fourth-order valence-corrected chi connectivity index (χ4v) is 4.94. The van der Waals surface area contributed by atoms with Gasteiger partial charge in [0.05, 0.1) is 11.2 Å². The SMILES string of the molecule is Br.COC(=O)[C@@H]1CC2(CN1)SCCS2.